The Balaban J connectivity index is 1.88. The highest BCUT2D eigenvalue weighted by Gasteiger charge is 2.20. The van der Waals surface area contributed by atoms with Crippen molar-refractivity contribution in [2.45, 2.75) is 45.9 Å². The number of hydrogen-bond acceptors (Lipinski definition) is 6. The van der Waals surface area contributed by atoms with Gasteiger partial charge in [-0.3, -0.25) is 14.2 Å². The van der Waals surface area contributed by atoms with Crippen molar-refractivity contribution in [1.29, 1.82) is 0 Å². The van der Waals surface area contributed by atoms with Crippen LogP contribution in [-0.4, -0.2) is 53.7 Å². The van der Waals surface area contributed by atoms with E-state index in [1.54, 1.807) is 0 Å². The molecule has 3 rings (SSSR count). The molecule has 0 spiro atoms. The lowest BCUT2D eigenvalue weighted by molar-refractivity contribution is -0.122. The molecule has 0 aromatic carbocycles. The fourth-order valence-corrected chi connectivity index (χ4v) is 4.21. The van der Waals surface area contributed by atoms with Crippen LogP contribution in [0.4, 0.5) is 0 Å². The van der Waals surface area contributed by atoms with E-state index >= 15 is 0 Å². The van der Waals surface area contributed by atoms with Crippen LogP contribution in [0.25, 0.3) is 10.2 Å². The number of amides is 1. The second kappa shape index (κ2) is 7.85. The van der Waals surface area contributed by atoms with Gasteiger partial charge in [0, 0.05) is 18.0 Å². The van der Waals surface area contributed by atoms with Gasteiger partial charge in [0.2, 0.25) is 5.91 Å². The molecule has 3 heterocycles. The zero-order valence-corrected chi connectivity index (χ0v) is 16.6. The van der Waals surface area contributed by atoms with E-state index in [1.807, 2.05) is 32.8 Å². The van der Waals surface area contributed by atoms with Gasteiger partial charge in [-0.05, 0) is 46.3 Å². The van der Waals surface area contributed by atoms with Crippen LogP contribution in [-0.2, 0) is 22.6 Å². The number of rotatable bonds is 6. The highest BCUT2D eigenvalue weighted by molar-refractivity contribution is 7.18. The van der Waals surface area contributed by atoms with Crippen LogP contribution in [0.3, 0.4) is 0 Å². The van der Waals surface area contributed by atoms with E-state index in [1.165, 1.54) is 15.9 Å². The van der Waals surface area contributed by atoms with Crippen molar-refractivity contribution in [3.8, 4) is 0 Å². The third-order valence-corrected chi connectivity index (χ3v) is 5.78. The number of ether oxygens (including phenoxy) is 1. The van der Waals surface area contributed by atoms with Gasteiger partial charge in [-0.1, -0.05) is 0 Å². The molecule has 1 atom stereocenters. The van der Waals surface area contributed by atoms with E-state index < -0.39 is 0 Å². The lowest BCUT2D eigenvalue weighted by Gasteiger charge is -2.16. The summed E-state index contributed by atoms with van der Waals surface area (Å²) in [6.45, 7) is 5.65. The topological polar surface area (TPSA) is 76.5 Å². The SMILES string of the molecule is Cc1sc2nc(CN(C)C)n(CC(=O)NCC3CCCO3)c(=O)c2c1C. The molecule has 0 saturated carbocycles. The molecule has 1 aliphatic rings. The predicted octanol–water partition coefficient (Wildman–Crippen LogP) is 1.43. The largest absolute Gasteiger partial charge is 0.376 e. The van der Waals surface area contributed by atoms with Gasteiger partial charge >= 0.3 is 0 Å². The summed E-state index contributed by atoms with van der Waals surface area (Å²) in [6.07, 6.45) is 2.08. The van der Waals surface area contributed by atoms with Crippen LogP contribution < -0.4 is 10.9 Å². The Hall–Kier alpha value is -1.77. The van der Waals surface area contributed by atoms with Crippen LogP contribution >= 0.6 is 11.3 Å². The summed E-state index contributed by atoms with van der Waals surface area (Å²) < 4.78 is 7.04. The molecule has 0 aliphatic carbocycles. The van der Waals surface area contributed by atoms with Crippen LogP contribution in [0.5, 0.6) is 0 Å². The summed E-state index contributed by atoms with van der Waals surface area (Å²) in [5, 5.41) is 3.51. The molecule has 1 saturated heterocycles. The maximum absolute atomic E-state index is 13.1. The molecule has 2 aromatic rings. The molecule has 142 valence electrons. The number of nitrogens with zero attached hydrogens (tertiary/aromatic N) is 3. The lowest BCUT2D eigenvalue weighted by atomic mass is 10.2. The maximum Gasteiger partial charge on any atom is 0.263 e. The highest BCUT2D eigenvalue weighted by Crippen LogP contribution is 2.26. The highest BCUT2D eigenvalue weighted by atomic mass is 32.1. The smallest absolute Gasteiger partial charge is 0.263 e. The van der Waals surface area contributed by atoms with Gasteiger partial charge in [0.1, 0.15) is 17.2 Å². The average molecular weight is 378 g/mol. The summed E-state index contributed by atoms with van der Waals surface area (Å²) in [6, 6.07) is 0. The van der Waals surface area contributed by atoms with Crippen molar-refractivity contribution in [2.24, 2.45) is 0 Å². The van der Waals surface area contributed by atoms with Gasteiger partial charge in [-0.15, -0.1) is 11.3 Å². The standard InChI is InChI=1S/C18H26N4O3S/c1-11-12(2)26-17-16(11)18(24)22(14(20-17)9-21(3)4)10-15(23)19-8-13-6-5-7-25-13/h13H,5-10H2,1-4H3,(H,19,23). The molecule has 26 heavy (non-hydrogen) atoms. The molecule has 0 bridgehead atoms. The molecular weight excluding hydrogens is 352 g/mol. The van der Waals surface area contributed by atoms with Crippen molar-refractivity contribution >= 4 is 27.5 Å². The van der Waals surface area contributed by atoms with Gasteiger partial charge in [0.05, 0.1) is 18.0 Å². The fourth-order valence-electron chi connectivity index (χ4n) is 3.17. The van der Waals surface area contributed by atoms with E-state index in [4.69, 9.17) is 4.74 Å². The summed E-state index contributed by atoms with van der Waals surface area (Å²) in [4.78, 5) is 33.9. The zero-order valence-electron chi connectivity index (χ0n) is 15.8. The van der Waals surface area contributed by atoms with Crippen molar-refractivity contribution in [3.63, 3.8) is 0 Å². The molecular formula is C18H26N4O3S. The van der Waals surface area contributed by atoms with Crippen LogP contribution in [0.1, 0.15) is 29.1 Å². The van der Waals surface area contributed by atoms with Crippen LogP contribution in [0.2, 0.25) is 0 Å². The van der Waals surface area contributed by atoms with Crippen LogP contribution in [0, 0.1) is 13.8 Å². The van der Waals surface area contributed by atoms with Crippen molar-refractivity contribution in [2.75, 3.05) is 27.2 Å². The third kappa shape index (κ3) is 3.97. The normalized spacial score (nSPS) is 17.3. The summed E-state index contributed by atoms with van der Waals surface area (Å²) >= 11 is 1.53. The monoisotopic (exact) mass is 378 g/mol. The minimum absolute atomic E-state index is 0.0218. The van der Waals surface area contributed by atoms with Gasteiger partial charge in [-0.25, -0.2) is 4.98 Å². The third-order valence-electron chi connectivity index (χ3n) is 4.68. The number of fused-ring (bicyclic) bond motifs is 1. The Kier molecular flexibility index (Phi) is 5.74. The Morgan fingerprint density at radius 1 is 1.42 bits per heavy atom. The summed E-state index contributed by atoms with van der Waals surface area (Å²) in [5.74, 6) is 0.425. The second-order valence-corrected chi connectivity index (χ2v) is 8.26. The van der Waals surface area contributed by atoms with E-state index in [0.29, 0.717) is 24.3 Å². The Labute approximate surface area is 157 Å². The number of carbonyl (C=O) groups excluding carboxylic acids is 1. The van der Waals surface area contributed by atoms with E-state index in [2.05, 4.69) is 10.3 Å². The second-order valence-electron chi connectivity index (χ2n) is 7.06. The number of hydrogen-bond donors (Lipinski definition) is 1. The molecule has 1 amide bonds. The first-order valence-corrected chi connectivity index (χ1v) is 9.71. The van der Waals surface area contributed by atoms with E-state index in [0.717, 1.165) is 34.7 Å². The molecule has 7 nitrogen and oxygen atoms in total. The number of aromatic nitrogens is 2. The van der Waals surface area contributed by atoms with Gasteiger partial charge in [0.25, 0.3) is 5.56 Å². The fraction of sp³-hybridized carbons (Fsp3) is 0.611. The van der Waals surface area contributed by atoms with Gasteiger partial charge in [-0.2, -0.15) is 0 Å². The van der Waals surface area contributed by atoms with Crippen molar-refractivity contribution < 1.29 is 9.53 Å². The Morgan fingerprint density at radius 3 is 2.85 bits per heavy atom. The quantitative estimate of drug-likeness (QED) is 0.823. The average Bonchev–Trinajstić information content (AvgIpc) is 3.17. The van der Waals surface area contributed by atoms with Gasteiger partial charge < -0.3 is 15.0 Å². The van der Waals surface area contributed by atoms with E-state index in [9.17, 15) is 9.59 Å². The molecule has 0 radical (unpaired) electrons. The first-order chi connectivity index (χ1) is 12.4. The van der Waals surface area contributed by atoms with E-state index in [-0.39, 0.29) is 24.1 Å². The molecule has 8 heteroatoms. The number of thiophene rings is 1. The minimum atomic E-state index is -0.187. The summed E-state index contributed by atoms with van der Waals surface area (Å²) in [7, 11) is 3.84. The minimum Gasteiger partial charge on any atom is -0.376 e. The molecule has 1 fully saturated rings. The number of nitrogens with one attached hydrogen (secondary N) is 1. The van der Waals surface area contributed by atoms with Crippen LogP contribution in [0.15, 0.2) is 4.79 Å². The molecule has 1 aliphatic heterocycles. The first-order valence-electron chi connectivity index (χ1n) is 8.89. The number of aryl methyl sites for hydroxylation is 2. The maximum atomic E-state index is 13.1. The zero-order chi connectivity index (χ0) is 18.8. The first kappa shape index (κ1) is 19.0. The molecule has 1 unspecified atom stereocenters. The van der Waals surface area contributed by atoms with Crippen molar-refractivity contribution in [1.82, 2.24) is 19.8 Å². The van der Waals surface area contributed by atoms with Crippen molar-refractivity contribution in [3.05, 3.63) is 26.6 Å². The lowest BCUT2D eigenvalue weighted by Crippen LogP contribution is -2.38. The number of carbonyl (C=O) groups is 1. The molecule has 2 aromatic heterocycles. The van der Waals surface area contributed by atoms with Gasteiger partial charge in [0.15, 0.2) is 0 Å². The predicted molar refractivity (Wildman–Crippen MR) is 103 cm³/mol. The summed E-state index contributed by atoms with van der Waals surface area (Å²) in [5.41, 5.74) is 0.813. The Bertz CT molecular complexity index is 865. The molecule has 1 N–H and O–H groups in total. The Morgan fingerprint density at radius 2 is 2.19 bits per heavy atom.